The first-order valence-corrected chi connectivity index (χ1v) is 13.3. The van der Waals surface area contributed by atoms with E-state index < -0.39 is 5.92 Å². The van der Waals surface area contributed by atoms with Crippen LogP contribution in [0.5, 0.6) is 11.5 Å². The van der Waals surface area contributed by atoms with Gasteiger partial charge in [0, 0.05) is 12.2 Å². The first-order valence-electron chi connectivity index (χ1n) is 13.3. The molecule has 0 spiro atoms. The molecule has 0 saturated heterocycles. The molecule has 1 N–H and O–H groups in total. The van der Waals surface area contributed by atoms with E-state index >= 15 is 0 Å². The molecule has 1 aliphatic heterocycles. The maximum atomic E-state index is 13.6. The summed E-state index contributed by atoms with van der Waals surface area (Å²) in [6, 6.07) is 32.8. The number of para-hydroxylation sites is 1. The molecule has 39 heavy (non-hydrogen) atoms. The van der Waals surface area contributed by atoms with Crippen LogP contribution in [0.15, 0.2) is 103 Å². The van der Waals surface area contributed by atoms with Crippen LogP contribution in [0.3, 0.4) is 0 Å². The number of rotatable bonds is 10. The summed E-state index contributed by atoms with van der Waals surface area (Å²) < 4.78 is 11.6. The molecule has 5 rings (SSSR count). The van der Waals surface area contributed by atoms with Gasteiger partial charge in [-0.1, -0.05) is 78.9 Å². The lowest BCUT2D eigenvalue weighted by Crippen LogP contribution is -2.39. The Morgan fingerprint density at radius 3 is 2.26 bits per heavy atom. The normalized spacial score (nSPS) is 12.6. The van der Waals surface area contributed by atoms with Crippen LogP contribution >= 0.6 is 0 Å². The summed E-state index contributed by atoms with van der Waals surface area (Å²) in [6.07, 6.45) is 1.58. The lowest BCUT2D eigenvalue weighted by Gasteiger charge is -2.30. The molecule has 6 heteroatoms. The SMILES string of the molecule is Cc1ccccc1OCCCCN1C(=O)COc2ccc(NC(=O)C(c3ccccc3)c3ccccc3)cc21. The molecule has 0 atom stereocenters. The van der Waals surface area contributed by atoms with Gasteiger partial charge in [0.05, 0.1) is 18.2 Å². The second kappa shape index (κ2) is 12.3. The van der Waals surface area contributed by atoms with Gasteiger partial charge in [0.25, 0.3) is 5.91 Å². The second-order valence-corrected chi connectivity index (χ2v) is 9.58. The van der Waals surface area contributed by atoms with Crippen LogP contribution in [0.1, 0.15) is 35.4 Å². The Balaban J connectivity index is 1.27. The number of ether oxygens (including phenoxy) is 2. The first kappa shape index (κ1) is 26.0. The molecule has 0 bridgehead atoms. The average Bonchev–Trinajstić information content (AvgIpc) is 2.96. The van der Waals surface area contributed by atoms with Crippen LogP contribution in [-0.2, 0) is 9.59 Å². The van der Waals surface area contributed by atoms with Crippen LogP contribution in [0.25, 0.3) is 0 Å². The summed E-state index contributed by atoms with van der Waals surface area (Å²) in [4.78, 5) is 28.1. The van der Waals surface area contributed by atoms with Gasteiger partial charge >= 0.3 is 0 Å². The summed E-state index contributed by atoms with van der Waals surface area (Å²) in [5.74, 6) is 0.805. The summed E-state index contributed by atoms with van der Waals surface area (Å²) in [7, 11) is 0. The predicted octanol–water partition coefficient (Wildman–Crippen LogP) is 6.35. The number of carbonyl (C=O) groups is 2. The van der Waals surface area contributed by atoms with Crippen LogP contribution in [0, 0.1) is 6.92 Å². The summed E-state index contributed by atoms with van der Waals surface area (Å²) >= 11 is 0. The van der Waals surface area contributed by atoms with Gasteiger partial charge in [-0.25, -0.2) is 0 Å². The molecule has 1 aliphatic rings. The van der Waals surface area contributed by atoms with Crippen LogP contribution in [0.4, 0.5) is 11.4 Å². The van der Waals surface area contributed by atoms with Gasteiger partial charge in [0.1, 0.15) is 11.5 Å². The topological polar surface area (TPSA) is 67.9 Å². The number of fused-ring (bicyclic) bond motifs is 1. The molecule has 0 unspecified atom stereocenters. The van der Waals surface area contributed by atoms with E-state index in [4.69, 9.17) is 9.47 Å². The molecule has 0 fully saturated rings. The third-order valence-electron chi connectivity index (χ3n) is 6.82. The minimum Gasteiger partial charge on any atom is -0.493 e. The van der Waals surface area contributed by atoms with Crippen molar-refractivity contribution in [1.82, 2.24) is 0 Å². The highest BCUT2D eigenvalue weighted by molar-refractivity contribution is 6.01. The van der Waals surface area contributed by atoms with Gasteiger partial charge in [-0.3, -0.25) is 9.59 Å². The van der Waals surface area contributed by atoms with Crippen molar-refractivity contribution in [2.75, 3.05) is 30.0 Å². The van der Waals surface area contributed by atoms with Crippen LogP contribution in [0.2, 0.25) is 0 Å². The Hall–Kier alpha value is -4.58. The Morgan fingerprint density at radius 1 is 0.897 bits per heavy atom. The van der Waals surface area contributed by atoms with Gasteiger partial charge in [-0.2, -0.15) is 0 Å². The fourth-order valence-electron chi connectivity index (χ4n) is 4.80. The highest BCUT2D eigenvalue weighted by Gasteiger charge is 2.27. The Morgan fingerprint density at radius 2 is 1.56 bits per heavy atom. The maximum absolute atomic E-state index is 13.6. The number of nitrogens with one attached hydrogen (secondary N) is 1. The molecule has 0 aromatic heterocycles. The second-order valence-electron chi connectivity index (χ2n) is 9.58. The number of hydrogen-bond donors (Lipinski definition) is 1. The predicted molar refractivity (Wildman–Crippen MR) is 154 cm³/mol. The van der Waals surface area contributed by atoms with Crippen molar-refractivity contribution in [3.63, 3.8) is 0 Å². The third-order valence-corrected chi connectivity index (χ3v) is 6.82. The van der Waals surface area contributed by atoms with Gasteiger partial charge in [0.15, 0.2) is 6.61 Å². The van der Waals surface area contributed by atoms with Gasteiger partial charge in [-0.05, 0) is 60.7 Å². The van der Waals surface area contributed by atoms with E-state index in [2.05, 4.69) is 5.32 Å². The molecule has 6 nitrogen and oxygen atoms in total. The number of benzene rings is 4. The molecule has 0 aliphatic carbocycles. The number of aryl methyl sites for hydroxylation is 1. The smallest absolute Gasteiger partial charge is 0.265 e. The Labute approximate surface area is 229 Å². The molecule has 2 amide bonds. The molecule has 4 aromatic carbocycles. The van der Waals surface area contributed by atoms with E-state index in [-0.39, 0.29) is 18.4 Å². The summed E-state index contributed by atoms with van der Waals surface area (Å²) in [6.45, 7) is 3.15. The molecule has 198 valence electrons. The van der Waals surface area contributed by atoms with Crippen LogP contribution in [-0.4, -0.2) is 31.6 Å². The largest absolute Gasteiger partial charge is 0.493 e. The number of anilines is 2. The van der Waals surface area contributed by atoms with Gasteiger partial charge in [-0.15, -0.1) is 0 Å². The number of hydrogen-bond acceptors (Lipinski definition) is 4. The van der Waals surface area contributed by atoms with Crippen molar-refractivity contribution in [3.8, 4) is 11.5 Å². The number of amides is 2. The molecule has 0 radical (unpaired) electrons. The highest BCUT2D eigenvalue weighted by atomic mass is 16.5. The zero-order valence-electron chi connectivity index (χ0n) is 22.0. The first-order chi connectivity index (χ1) is 19.1. The van der Waals surface area contributed by atoms with E-state index in [1.807, 2.05) is 110 Å². The molecular formula is C33H32N2O4. The summed E-state index contributed by atoms with van der Waals surface area (Å²) in [5.41, 5.74) is 4.20. The van der Waals surface area contributed by atoms with Crippen LogP contribution < -0.4 is 19.7 Å². The third kappa shape index (κ3) is 6.29. The monoisotopic (exact) mass is 520 g/mol. The zero-order valence-corrected chi connectivity index (χ0v) is 22.0. The number of nitrogens with zero attached hydrogens (tertiary/aromatic N) is 1. The van der Waals surface area contributed by atoms with E-state index in [0.29, 0.717) is 30.3 Å². The van der Waals surface area contributed by atoms with E-state index in [1.54, 1.807) is 4.90 Å². The van der Waals surface area contributed by atoms with Crippen molar-refractivity contribution < 1.29 is 19.1 Å². The summed E-state index contributed by atoms with van der Waals surface area (Å²) in [5, 5.41) is 3.07. The van der Waals surface area contributed by atoms with Crippen molar-refractivity contribution >= 4 is 23.2 Å². The minimum atomic E-state index is -0.467. The minimum absolute atomic E-state index is 0.00248. The number of unbranched alkanes of at least 4 members (excludes halogenated alkanes) is 1. The van der Waals surface area contributed by atoms with Crippen molar-refractivity contribution in [2.45, 2.75) is 25.7 Å². The molecule has 4 aromatic rings. The standard InChI is InChI=1S/C33H32N2O4/c1-24-12-8-9-17-29(24)38-21-11-10-20-35-28-22-27(18-19-30(28)39-23-31(35)36)34-33(37)32(25-13-4-2-5-14-25)26-15-6-3-7-16-26/h2-9,12-19,22,32H,10-11,20-21,23H2,1H3,(H,34,37). The Bertz CT molecular complexity index is 1380. The molecule has 1 heterocycles. The fourth-order valence-corrected chi connectivity index (χ4v) is 4.80. The lowest BCUT2D eigenvalue weighted by molar-refractivity contribution is -0.121. The van der Waals surface area contributed by atoms with E-state index in [0.717, 1.165) is 35.3 Å². The number of carbonyl (C=O) groups excluding carboxylic acids is 2. The molecular weight excluding hydrogens is 488 g/mol. The highest BCUT2D eigenvalue weighted by Crippen LogP contribution is 2.35. The quantitative estimate of drug-likeness (QED) is 0.248. The zero-order chi connectivity index (χ0) is 27.0. The maximum Gasteiger partial charge on any atom is 0.265 e. The Kier molecular flexibility index (Phi) is 8.22. The van der Waals surface area contributed by atoms with E-state index in [9.17, 15) is 9.59 Å². The van der Waals surface area contributed by atoms with Gasteiger partial charge in [0.2, 0.25) is 5.91 Å². The fraction of sp³-hybridized carbons (Fsp3) is 0.212. The van der Waals surface area contributed by atoms with E-state index in [1.165, 1.54) is 0 Å². The lowest BCUT2D eigenvalue weighted by atomic mass is 9.90. The van der Waals surface area contributed by atoms with Crippen molar-refractivity contribution in [1.29, 1.82) is 0 Å². The van der Waals surface area contributed by atoms with Crippen molar-refractivity contribution in [2.24, 2.45) is 0 Å². The van der Waals surface area contributed by atoms with Gasteiger partial charge < -0.3 is 19.7 Å². The molecule has 0 saturated carbocycles. The van der Waals surface area contributed by atoms with Crippen molar-refractivity contribution in [3.05, 3.63) is 120 Å². The average molecular weight is 521 g/mol.